The number of nitrogens with one attached hydrogen (secondary N) is 1. The maximum Gasteiger partial charge on any atom is 0.289 e. The van der Waals surface area contributed by atoms with E-state index in [0.29, 0.717) is 10.7 Å². The van der Waals surface area contributed by atoms with Crippen LogP contribution in [0.4, 0.5) is 5.69 Å². The van der Waals surface area contributed by atoms with Crippen LogP contribution in [0.1, 0.15) is 36.8 Å². The molecule has 2 aromatic heterocycles. The first-order chi connectivity index (χ1) is 13.3. The van der Waals surface area contributed by atoms with Gasteiger partial charge in [-0.2, -0.15) is 4.57 Å². The lowest BCUT2D eigenvalue weighted by molar-refractivity contribution is -0.575. The number of aliphatic hydroxyl groups is 1. The number of rotatable bonds is 4. The van der Waals surface area contributed by atoms with E-state index in [0.717, 1.165) is 16.1 Å². The highest BCUT2D eigenvalue weighted by Crippen LogP contribution is 2.25. The first kappa shape index (κ1) is 20.2. The molecule has 0 saturated heterocycles. The van der Waals surface area contributed by atoms with E-state index in [1.165, 1.54) is 16.9 Å². The van der Waals surface area contributed by atoms with Crippen LogP contribution in [-0.4, -0.2) is 10.1 Å². The molecule has 0 aliphatic carbocycles. The molecule has 0 bridgehead atoms. The van der Waals surface area contributed by atoms with Gasteiger partial charge in [0.2, 0.25) is 5.76 Å². The highest BCUT2D eigenvalue weighted by Gasteiger charge is 2.25. The largest absolute Gasteiger partial charge is 0.501 e. The van der Waals surface area contributed by atoms with Crippen LogP contribution in [0.2, 0.25) is 0 Å². The summed E-state index contributed by atoms with van der Waals surface area (Å²) in [6.07, 6.45) is 3.90. The third-order valence-corrected chi connectivity index (χ3v) is 5.71. The Hall–Kier alpha value is -2.50. The van der Waals surface area contributed by atoms with Crippen molar-refractivity contribution in [2.75, 3.05) is 5.32 Å². The van der Waals surface area contributed by atoms with Crippen molar-refractivity contribution in [3.05, 3.63) is 82.3 Å². The average molecular weight is 410 g/mol. The number of nitrogens with zero attached hydrogens (tertiary/aromatic N) is 1. The van der Waals surface area contributed by atoms with Gasteiger partial charge < -0.3 is 10.4 Å². The van der Waals surface area contributed by atoms with E-state index in [1.54, 1.807) is 0 Å². The van der Waals surface area contributed by atoms with E-state index in [9.17, 15) is 5.11 Å². The zero-order valence-corrected chi connectivity index (χ0v) is 18.2. The summed E-state index contributed by atoms with van der Waals surface area (Å²) in [5.74, 6) is 0.162. The highest BCUT2D eigenvalue weighted by atomic mass is 32.1. The summed E-state index contributed by atoms with van der Waals surface area (Å²) in [6.45, 7) is 8.56. The molecule has 2 N–H and O–H groups in total. The van der Waals surface area contributed by atoms with Gasteiger partial charge in [0.15, 0.2) is 17.4 Å². The van der Waals surface area contributed by atoms with Crippen LogP contribution >= 0.6 is 23.6 Å². The lowest BCUT2D eigenvalue weighted by Crippen LogP contribution is -2.39. The fourth-order valence-corrected chi connectivity index (χ4v) is 3.83. The SMILES string of the molecule is Cc1ccccc1NC(=S)C(=C(O)c1cccs1)[n+]1ccc(C(C)(C)C)cc1. The number of para-hydroxylation sites is 1. The molecule has 144 valence electrons. The second-order valence-electron chi connectivity index (χ2n) is 7.69. The molecule has 1 aromatic carbocycles. The molecular formula is C23H25N2OS2+. The summed E-state index contributed by atoms with van der Waals surface area (Å²) in [6, 6.07) is 15.9. The minimum atomic E-state index is 0.0542. The first-order valence-electron chi connectivity index (χ1n) is 9.13. The number of aryl methyl sites for hydroxylation is 1. The Kier molecular flexibility index (Phi) is 5.96. The number of thiophene rings is 1. The van der Waals surface area contributed by atoms with Gasteiger partial charge in [0.05, 0.1) is 4.88 Å². The van der Waals surface area contributed by atoms with Crippen LogP contribution in [0.3, 0.4) is 0 Å². The Bertz CT molecular complexity index is 998. The summed E-state index contributed by atoms with van der Waals surface area (Å²) in [7, 11) is 0. The maximum atomic E-state index is 11.0. The number of anilines is 1. The summed E-state index contributed by atoms with van der Waals surface area (Å²) in [5, 5.41) is 16.2. The number of benzene rings is 1. The minimum Gasteiger partial charge on any atom is -0.501 e. The van der Waals surface area contributed by atoms with E-state index in [2.05, 4.69) is 38.2 Å². The normalized spacial score (nSPS) is 12.4. The van der Waals surface area contributed by atoms with Gasteiger partial charge in [0.25, 0.3) is 5.70 Å². The van der Waals surface area contributed by atoms with Gasteiger partial charge in [-0.3, -0.25) is 0 Å². The topological polar surface area (TPSA) is 36.1 Å². The third kappa shape index (κ3) is 4.49. The zero-order valence-electron chi connectivity index (χ0n) is 16.6. The molecule has 0 unspecified atom stereocenters. The van der Waals surface area contributed by atoms with Crippen LogP contribution in [-0.2, 0) is 5.41 Å². The highest BCUT2D eigenvalue weighted by molar-refractivity contribution is 7.81. The molecular weight excluding hydrogens is 384 g/mol. The number of aliphatic hydroxyl groups excluding tert-OH is 1. The summed E-state index contributed by atoms with van der Waals surface area (Å²) in [4.78, 5) is 1.24. The van der Waals surface area contributed by atoms with E-state index in [-0.39, 0.29) is 11.2 Å². The Morgan fingerprint density at radius 3 is 2.29 bits per heavy atom. The molecule has 0 fully saturated rings. The van der Waals surface area contributed by atoms with Gasteiger partial charge in [-0.1, -0.05) is 57.3 Å². The predicted molar refractivity (Wildman–Crippen MR) is 123 cm³/mol. The second kappa shape index (κ2) is 8.25. The van der Waals surface area contributed by atoms with Crippen molar-refractivity contribution in [1.82, 2.24) is 0 Å². The van der Waals surface area contributed by atoms with Crippen molar-refractivity contribution in [3.8, 4) is 0 Å². The van der Waals surface area contributed by atoms with Crippen molar-refractivity contribution in [2.24, 2.45) is 0 Å². The standard InChI is InChI=1S/C23H24N2OS2/c1-16-8-5-6-9-18(16)24-22(27)20(21(26)19-10-7-15-28-19)25-13-11-17(12-14-25)23(2,3)4/h5-15H,1-4H3,(H-,24,26,27)/p+1. The molecule has 0 spiro atoms. The molecule has 28 heavy (non-hydrogen) atoms. The Morgan fingerprint density at radius 2 is 1.71 bits per heavy atom. The number of pyridine rings is 1. The van der Waals surface area contributed by atoms with Gasteiger partial charge in [0.1, 0.15) is 0 Å². The van der Waals surface area contributed by atoms with Gasteiger partial charge >= 0.3 is 0 Å². The molecule has 2 heterocycles. The molecule has 3 rings (SSSR count). The smallest absolute Gasteiger partial charge is 0.289 e. The Labute approximate surface area is 176 Å². The fraction of sp³-hybridized carbons (Fsp3) is 0.217. The summed E-state index contributed by atoms with van der Waals surface area (Å²) < 4.78 is 1.87. The molecule has 0 amide bonds. The number of aromatic nitrogens is 1. The molecule has 0 aliphatic heterocycles. The van der Waals surface area contributed by atoms with Crippen molar-refractivity contribution in [3.63, 3.8) is 0 Å². The van der Waals surface area contributed by atoms with Crippen LogP contribution < -0.4 is 9.88 Å². The van der Waals surface area contributed by atoms with Gasteiger partial charge in [-0.05, 0) is 41.0 Å². The predicted octanol–water partition coefficient (Wildman–Crippen LogP) is 5.96. The molecule has 0 atom stereocenters. The van der Waals surface area contributed by atoms with E-state index in [1.807, 2.05) is 65.7 Å². The molecule has 3 nitrogen and oxygen atoms in total. The minimum absolute atomic E-state index is 0.0542. The summed E-state index contributed by atoms with van der Waals surface area (Å²) >= 11 is 7.19. The van der Waals surface area contributed by atoms with Crippen LogP contribution in [0.15, 0.2) is 66.3 Å². The maximum absolute atomic E-state index is 11.0. The van der Waals surface area contributed by atoms with E-state index < -0.39 is 0 Å². The van der Waals surface area contributed by atoms with E-state index in [4.69, 9.17) is 12.2 Å². The number of hydrogen-bond acceptors (Lipinski definition) is 3. The van der Waals surface area contributed by atoms with Crippen molar-refractivity contribution < 1.29 is 9.67 Å². The van der Waals surface area contributed by atoms with E-state index >= 15 is 0 Å². The van der Waals surface area contributed by atoms with Gasteiger partial charge in [0, 0.05) is 17.8 Å². The zero-order chi connectivity index (χ0) is 20.3. The van der Waals surface area contributed by atoms with Crippen molar-refractivity contribution >= 4 is 45.7 Å². The summed E-state index contributed by atoms with van der Waals surface area (Å²) in [5.41, 5.74) is 3.85. The fourth-order valence-electron chi connectivity index (χ4n) is 2.85. The lowest BCUT2D eigenvalue weighted by atomic mass is 9.88. The Balaban J connectivity index is 2.05. The molecule has 0 aliphatic rings. The molecule has 5 heteroatoms. The molecule has 0 saturated carbocycles. The molecule has 3 aromatic rings. The van der Waals surface area contributed by atoms with Crippen molar-refractivity contribution in [1.29, 1.82) is 0 Å². The van der Waals surface area contributed by atoms with Crippen LogP contribution in [0.25, 0.3) is 11.5 Å². The van der Waals surface area contributed by atoms with Gasteiger partial charge in [-0.15, -0.1) is 11.3 Å². The second-order valence-corrected chi connectivity index (χ2v) is 9.04. The van der Waals surface area contributed by atoms with Gasteiger partial charge in [-0.25, -0.2) is 0 Å². The number of thiocarbonyl (C=S) groups is 1. The lowest BCUT2D eigenvalue weighted by Gasteiger charge is -2.18. The quantitative estimate of drug-likeness (QED) is 0.241. The number of hydrogen-bond donors (Lipinski definition) is 2. The Morgan fingerprint density at radius 1 is 1.04 bits per heavy atom. The average Bonchev–Trinajstić information content (AvgIpc) is 3.18. The van der Waals surface area contributed by atoms with Crippen LogP contribution in [0, 0.1) is 6.92 Å². The molecule has 0 radical (unpaired) electrons. The monoisotopic (exact) mass is 409 g/mol. The van der Waals surface area contributed by atoms with Crippen LogP contribution in [0.5, 0.6) is 0 Å². The van der Waals surface area contributed by atoms with Crippen molar-refractivity contribution in [2.45, 2.75) is 33.1 Å². The third-order valence-electron chi connectivity index (χ3n) is 4.54. The first-order valence-corrected chi connectivity index (χ1v) is 10.4.